The Hall–Kier alpha value is -1.62. The van der Waals surface area contributed by atoms with Gasteiger partial charge in [-0.15, -0.1) is 0 Å². The molecule has 1 aliphatic rings. The molecule has 1 aliphatic heterocycles. The lowest BCUT2D eigenvalue weighted by Crippen LogP contribution is -2.31. The van der Waals surface area contributed by atoms with Gasteiger partial charge in [-0.05, 0) is 24.6 Å². The maximum Gasteiger partial charge on any atom is 0.311 e. The minimum absolute atomic E-state index is 0.221. The highest BCUT2D eigenvalue weighted by atomic mass is 19.1. The number of carboxylic acids is 1. The molecule has 0 amide bonds. The van der Waals surface area contributed by atoms with Crippen LogP contribution in [0.2, 0.25) is 0 Å². The SMILES string of the molecule is COc1ccc(F)cc1C(CC1COC1)C(=O)O. The molecule has 2 rings (SSSR count). The molecule has 0 bridgehead atoms. The molecule has 98 valence electrons. The third-order valence-electron chi connectivity index (χ3n) is 3.14. The third kappa shape index (κ3) is 2.61. The summed E-state index contributed by atoms with van der Waals surface area (Å²) in [6.07, 6.45) is 0.440. The summed E-state index contributed by atoms with van der Waals surface area (Å²) in [4.78, 5) is 11.3. The first-order valence-electron chi connectivity index (χ1n) is 5.75. The number of carboxylic acid groups (broad SMARTS) is 1. The van der Waals surface area contributed by atoms with Gasteiger partial charge in [0, 0.05) is 11.5 Å². The first kappa shape index (κ1) is 12.8. The number of hydrogen-bond donors (Lipinski definition) is 1. The van der Waals surface area contributed by atoms with E-state index in [0.29, 0.717) is 30.9 Å². The Kier molecular flexibility index (Phi) is 3.81. The van der Waals surface area contributed by atoms with Crippen LogP contribution in [0.3, 0.4) is 0 Å². The smallest absolute Gasteiger partial charge is 0.311 e. The average molecular weight is 254 g/mol. The topological polar surface area (TPSA) is 55.8 Å². The fourth-order valence-corrected chi connectivity index (χ4v) is 2.09. The number of methoxy groups -OCH3 is 1. The van der Waals surface area contributed by atoms with E-state index in [-0.39, 0.29) is 5.92 Å². The van der Waals surface area contributed by atoms with Crippen LogP contribution in [0.5, 0.6) is 5.75 Å². The van der Waals surface area contributed by atoms with Crippen molar-refractivity contribution in [2.24, 2.45) is 5.92 Å². The number of halogens is 1. The van der Waals surface area contributed by atoms with Crippen LogP contribution in [0.1, 0.15) is 17.9 Å². The Morgan fingerprint density at radius 1 is 1.61 bits per heavy atom. The first-order chi connectivity index (χ1) is 8.61. The van der Waals surface area contributed by atoms with Crippen molar-refractivity contribution in [1.29, 1.82) is 0 Å². The standard InChI is InChI=1S/C13H15FO4/c1-17-12-3-2-9(14)5-10(12)11(13(15)16)4-8-6-18-7-8/h2-3,5,8,11H,4,6-7H2,1H3,(H,15,16). The van der Waals surface area contributed by atoms with Crippen molar-refractivity contribution in [3.05, 3.63) is 29.6 Å². The Morgan fingerprint density at radius 2 is 2.33 bits per heavy atom. The molecule has 0 aliphatic carbocycles. The van der Waals surface area contributed by atoms with Crippen LogP contribution >= 0.6 is 0 Å². The summed E-state index contributed by atoms with van der Waals surface area (Å²) in [5, 5.41) is 9.29. The lowest BCUT2D eigenvalue weighted by atomic mass is 9.87. The molecule has 1 heterocycles. The molecule has 0 saturated carbocycles. The zero-order valence-electron chi connectivity index (χ0n) is 10.1. The van der Waals surface area contributed by atoms with E-state index in [1.807, 2.05) is 0 Å². The van der Waals surface area contributed by atoms with Crippen LogP contribution in [-0.2, 0) is 9.53 Å². The maximum atomic E-state index is 13.3. The number of hydrogen-bond acceptors (Lipinski definition) is 3. The summed E-state index contributed by atoms with van der Waals surface area (Å²) < 4.78 is 23.4. The van der Waals surface area contributed by atoms with Crippen LogP contribution in [0.4, 0.5) is 4.39 Å². The molecular formula is C13H15FO4. The molecule has 5 heteroatoms. The fourth-order valence-electron chi connectivity index (χ4n) is 2.09. The van der Waals surface area contributed by atoms with Crippen molar-refractivity contribution in [2.75, 3.05) is 20.3 Å². The number of aliphatic carboxylic acids is 1. The van der Waals surface area contributed by atoms with E-state index in [1.54, 1.807) is 0 Å². The second-order valence-electron chi connectivity index (χ2n) is 4.42. The Bertz CT molecular complexity index is 443. The van der Waals surface area contributed by atoms with Gasteiger partial charge in [0.1, 0.15) is 11.6 Å². The highest BCUT2D eigenvalue weighted by Gasteiger charge is 2.30. The van der Waals surface area contributed by atoms with Gasteiger partial charge in [-0.2, -0.15) is 0 Å². The molecule has 0 spiro atoms. The number of rotatable bonds is 5. The van der Waals surface area contributed by atoms with E-state index < -0.39 is 17.7 Å². The second kappa shape index (κ2) is 5.35. The van der Waals surface area contributed by atoms with E-state index >= 15 is 0 Å². The van der Waals surface area contributed by atoms with Gasteiger partial charge in [-0.3, -0.25) is 4.79 Å². The molecule has 1 aromatic rings. The Labute approximate surface area is 104 Å². The molecule has 18 heavy (non-hydrogen) atoms. The summed E-state index contributed by atoms with van der Waals surface area (Å²) in [6, 6.07) is 3.95. The predicted molar refractivity (Wildman–Crippen MR) is 62.3 cm³/mol. The number of carbonyl (C=O) groups is 1. The summed E-state index contributed by atoms with van der Waals surface area (Å²) in [7, 11) is 1.45. The van der Waals surface area contributed by atoms with Gasteiger partial charge in [0.25, 0.3) is 0 Å². The zero-order chi connectivity index (χ0) is 13.1. The molecule has 1 atom stereocenters. The highest BCUT2D eigenvalue weighted by Crippen LogP contribution is 2.34. The predicted octanol–water partition coefficient (Wildman–Crippen LogP) is 2.04. The number of benzene rings is 1. The van der Waals surface area contributed by atoms with Gasteiger partial charge >= 0.3 is 5.97 Å². The average Bonchev–Trinajstić information content (AvgIpc) is 2.27. The molecule has 1 fully saturated rings. The molecule has 4 nitrogen and oxygen atoms in total. The van der Waals surface area contributed by atoms with E-state index in [4.69, 9.17) is 9.47 Å². The summed E-state index contributed by atoms with van der Waals surface area (Å²) in [5.41, 5.74) is 0.386. The van der Waals surface area contributed by atoms with Gasteiger partial charge in [0.2, 0.25) is 0 Å². The molecule has 1 unspecified atom stereocenters. The first-order valence-corrected chi connectivity index (χ1v) is 5.75. The normalized spacial score (nSPS) is 17.0. The summed E-state index contributed by atoms with van der Waals surface area (Å²) in [5.74, 6) is -1.56. The molecule has 1 saturated heterocycles. The van der Waals surface area contributed by atoms with Crippen molar-refractivity contribution < 1.29 is 23.8 Å². The van der Waals surface area contributed by atoms with Gasteiger partial charge in [0.15, 0.2) is 0 Å². The van der Waals surface area contributed by atoms with Gasteiger partial charge in [0.05, 0.1) is 26.2 Å². The molecular weight excluding hydrogens is 239 g/mol. The fraction of sp³-hybridized carbons (Fsp3) is 0.462. The van der Waals surface area contributed by atoms with Gasteiger partial charge in [-0.25, -0.2) is 4.39 Å². The van der Waals surface area contributed by atoms with E-state index in [0.717, 1.165) is 0 Å². The van der Waals surface area contributed by atoms with Crippen molar-refractivity contribution in [2.45, 2.75) is 12.3 Å². The minimum Gasteiger partial charge on any atom is -0.496 e. The minimum atomic E-state index is -0.967. The van der Waals surface area contributed by atoms with Crippen molar-refractivity contribution in [1.82, 2.24) is 0 Å². The Morgan fingerprint density at radius 3 is 2.83 bits per heavy atom. The molecule has 0 aromatic heterocycles. The van der Waals surface area contributed by atoms with Gasteiger partial charge < -0.3 is 14.6 Å². The third-order valence-corrected chi connectivity index (χ3v) is 3.14. The number of ether oxygens (including phenoxy) is 2. The van der Waals surface area contributed by atoms with E-state index in [2.05, 4.69) is 0 Å². The molecule has 1 N–H and O–H groups in total. The quantitative estimate of drug-likeness (QED) is 0.873. The lowest BCUT2D eigenvalue weighted by Gasteiger charge is -2.28. The van der Waals surface area contributed by atoms with E-state index in [1.165, 1.54) is 25.3 Å². The largest absolute Gasteiger partial charge is 0.496 e. The van der Waals surface area contributed by atoms with Crippen molar-refractivity contribution >= 4 is 5.97 Å². The highest BCUT2D eigenvalue weighted by molar-refractivity contribution is 5.77. The van der Waals surface area contributed by atoms with Crippen LogP contribution in [0, 0.1) is 11.7 Å². The van der Waals surface area contributed by atoms with Crippen LogP contribution in [-0.4, -0.2) is 31.4 Å². The monoisotopic (exact) mass is 254 g/mol. The van der Waals surface area contributed by atoms with Crippen LogP contribution in [0.15, 0.2) is 18.2 Å². The van der Waals surface area contributed by atoms with E-state index in [9.17, 15) is 14.3 Å². The van der Waals surface area contributed by atoms with Crippen LogP contribution in [0.25, 0.3) is 0 Å². The maximum absolute atomic E-state index is 13.3. The van der Waals surface area contributed by atoms with Gasteiger partial charge in [-0.1, -0.05) is 0 Å². The van der Waals surface area contributed by atoms with Crippen molar-refractivity contribution in [3.8, 4) is 5.75 Å². The zero-order valence-corrected chi connectivity index (χ0v) is 10.1. The summed E-state index contributed by atoms with van der Waals surface area (Å²) in [6.45, 7) is 1.14. The van der Waals surface area contributed by atoms with Crippen molar-refractivity contribution in [3.63, 3.8) is 0 Å². The van der Waals surface area contributed by atoms with Crippen LogP contribution < -0.4 is 4.74 Å². The summed E-state index contributed by atoms with van der Waals surface area (Å²) >= 11 is 0. The molecule has 0 radical (unpaired) electrons. The lowest BCUT2D eigenvalue weighted by molar-refractivity contribution is -0.140. The molecule has 1 aromatic carbocycles. The second-order valence-corrected chi connectivity index (χ2v) is 4.42. The Balaban J connectivity index is 2.28.